The molecular formula is C30H23N5O. The maximum atomic E-state index is 13.1. The number of nitrogens with one attached hydrogen (secondary N) is 2. The summed E-state index contributed by atoms with van der Waals surface area (Å²) >= 11 is 0. The monoisotopic (exact) mass is 469 g/mol. The molecule has 174 valence electrons. The highest BCUT2D eigenvalue weighted by Gasteiger charge is 2.11. The van der Waals surface area contributed by atoms with E-state index in [0.717, 1.165) is 44.5 Å². The largest absolute Gasteiger partial charge is 0.346 e. The van der Waals surface area contributed by atoms with E-state index in [0.29, 0.717) is 11.3 Å². The number of H-pyrrole nitrogens is 1. The summed E-state index contributed by atoms with van der Waals surface area (Å²) in [6.45, 7) is 2.03. The van der Waals surface area contributed by atoms with Crippen molar-refractivity contribution in [1.29, 1.82) is 0 Å². The number of fused-ring (bicyclic) bond motifs is 1. The number of aromatic nitrogens is 4. The quantitative estimate of drug-likeness (QED) is 0.297. The van der Waals surface area contributed by atoms with Crippen LogP contribution < -0.4 is 5.32 Å². The highest BCUT2D eigenvalue weighted by atomic mass is 16.1. The van der Waals surface area contributed by atoms with E-state index in [1.807, 2.05) is 115 Å². The number of benzene rings is 3. The summed E-state index contributed by atoms with van der Waals surface area (Å²) < 4.78 is 1.83. The smallest absolute Gasteiger partial charge is 0.255 e. The van der Waals surface area contributed by atoms with E-state index in [2.05, 4.69) is 26.4 Å². The van der Waals surface area contributed by atoms with Gasteiger partial charge >= 0.3 is 0 Å². The average molecular weight is 470 g/mol. The van der Waals surface area contributed by atoms with E-state index >= 15 is 0 Å². The van der Waals surface area contributed by atoms with E-state index in [-0.39, 0.29) is 5.91 Å². The Morgan fingerprint density at radius 3 is 2.58 bits per heavy atom. The van der Waals surface area contributed by atoms with E-state index in [1.54, 1.807) is 0 Å². The molecule has 0 saturated heterocycles. The number of nitrogens with zero attached hydrogens (tertiary/aromatic N) is 3. The van der Waals surface area contributed by atoms with Gasteiger partial charge in [0.15, 0.2) is 0 Å². The Kier molecular flexibility index (Phi) is 5.39. The molecule has 0 aliphatic rings. The van der Waals surface area contributed by atoms with Crippen LogP contribution in [0.4, 0.5) is 5.69 Å². The molecule has 0 unspecified atom stereocenters. The molecule has 0 atom stereocenters. The SMILES string of the molecule is Cc1ccc(NC(=O)c2cccc(-c3ccccc3)c2)cc1-n1cc(-c2cnc3[nH]ccc3c2)cn1. The second-order valence-electron chi connectivity index (χ2n) is 8.72. The Labute approximate surface area is 208 Å². The summed E-state index contributed by atoms with van der Waals surface area (Å²) in [5, 5.41) is 8.67. The molecule has 0 bridgehead atoms. The van der Waals surface area contributed by atoms with E-state index in [1.165, 1.54) is 0 Å². The maximum Gasteiger partial charge on any atom is 0.255 e. The van der Waals surface area contributed by atoms with Gasteiger partial charge in [-0.3, -0.25) is 4.79 Å². The van der Waals surface area contributed by atoms with Crippen molar-refractivity contribution in [2.24, 2.45) is 0 Å². The molecule has 0 spiro atoms. The van der Waals surface area contributed by atoms with Gasteiger partial charge in [-0.05, 0) is 60.0 Å². The summed E-state index contributed by atoms with van der Waals surface area (Å²) in [6, 6.07) is 27.6. The zero-order chi connectivity index (χ0) is 24.5. The number of hydrogen-bond acceptors (Lipinski definition) is 3. The highest BCUT2D eigenvalue weighted by Crippen LogP contribution is 2.26. The summed E-state index contributed by atoms with van der Waals surface area (Å²) in [5.74, 6) is -0.158. The molecule has 3 aromatic carbocycles. The van der Waals surface area contributed by atoms with Crippen LogP contribution in [0.3, 0.4) is 0 Å². The predicted octanol–water partition coefficient (Wildman–Crippen LogP) is 6.64. The Morgan fingerprint density at radius 2 is 1.69 bits per heavy atom. The lowest BCUT2D eigenvalue weighted by Crippen LogP contribution is -2.12. The first kappa shape index (κ1) is 21.6. The third-order valence-corrected chi connectivity index (χ3v) is 6.26. The van der Waals surface area contributed by atoms with Crippen molar-refractivity contribution in [3.63, 3.8) is 0 Å². The van der Waals surface area contributed by atoms with Gasteiger partial charge in [0.1, 0.15) is 5.65 Å². The number of aryl methyl sites for hydroxylation is 1. The number of carbonyl (C=O) groups excluding carboxylic acids is 1. The van der Waals surface area contributed by atoms with Crippen LogP contribution in [-0.4, -0.2) is 25.7 Å². The van der Waals surface area contributed by atoms with Crippen molar-refractivity contribution in [2.75, 3.05) is 5.32 Å². The van der Waals surface area contributed by atoms with Gasteiger partial charge < -0.3 is 10.3 Å². The number of hydrogen-bond donors (Lipinski definition) is 2. The molecule has 6 rings (SSSR count). The fraction of sp³-hybridized carbons (Fsp3) is 0.0333. The molecule has 2 N–H and O–H groups in total. The first-order valence-corrected chi connectivity index (χ1v) is 11.7. The molecule has 6 heteroatoms. The summed E-state index contributed by atoms with van der Waals surface area (Å²) in [4.78, 5) is 20.7. The van der Waals surface area contributed by atoms with Crippen molar-refractivity contribution in [3.05, 3.63) is 121 Å². The Hall–Kier alpha value is -4.97. The van der Waals surface area contributed by atoms with Gasteiger partial charge in [-0.15, -0.1) is 0 Å². The molecule has 0 aliphatic carbocycles. The minimum atomic E-state index is -0.158. The average Bonchev–Trinajstić information content (AvgIpc) is 3.60. The zero-order valence-corrected chi connectivity index (χ0v) is 19.6. The van der Waals surface area contributed by atoms with Crippen LogP contribution in [-0.2, 0) is 0 Å². The molecule has 0 saturated carbocycles. The lowest BCUT2D eigenvalue weighted by atomic mass is 10.0. The number of anilines is 1. The van der Waals surface area contributed by atoms with Crippen molar-refractivity contribution in [3.8, 4) is 27.9 Å². The normalized spacial score (nSPS) is 11.0. The number of carbonyl (C=O) groups is 1. The van der Waals surface area contributed by atoms with Crippen LogP contribution in [0.1, 0.15) is 15.9 Å². The van der Waals surface area contributed by atoms with Gasteiger partial charge in [0, 0.05) is 46.4 Å². The van der Waals surface area contributed by atoms with Crippen molar-refractivity contribution in [2.45, 2.75) is 6.92 Å². The third kappa shape index (κ3) is 4.16. The Balaban J connectivity index is 1.25. The molecule has 3 aromatic heterocycles. The summed E-state index contributed by atoms with van der Waals surface area (Å²) in [7, 11) is 0. The summed E-state index contributed by atoms with van der Waals surface area (Å²) in [6.07, 6.45) is 7.53. The number of pyridine rings is 1. The van der Waals surface area contributed by atoms with Crippen molar-refractivity contribution in [1.82, 2.24) is 19.7 Å². The van der Waals surface area contributed by atoms with Gasteiger partial charge in [-0.1, -0.05) is 48.5 Å². The second kappa shape index (κ2) is 9.00. The number of rotatable bonds is 5. The molecule has 0 fully saturated rings. The van der Waals surface area contributed by atoms with E-state index < -0.39 is 0 Å². The fourth-order valence-electron chi connectivity index (χ4n) is 4.31. The van der Waals surface area contributed by atoms with Crippen LogP contribution in [0.5, 0.6) is 0 Å². The highest BCUT2D eigenvalue weighted by molar-refractivity contribution is 6.05. The molecular weight excluding hydrogens is 446 g/mol. The third-order valence-electron chi connectivity index (χ3n) is 6.26. The van der Waals surface area contributed by atoms with Gasteiger partial charge in [-0.25, -0.2) is 9.67 Å². The van der Waals surface area contributed by atoms with Gasteiger partial charge in [-0.2, -0.15) is 5.10 Å². The van der Waals surface area contributed by atoms with Crippen molar-refractivity contribution >= 4 is 22.6 Å². The van der Waals surface area contributed by atoms with Gasteiger partial charge in [0.25, 0.3) is 5.91 Å². The van der Waals surface area contributed by atoms with E-state index in [4.69, 9.17) is 0 Å². The van der Waals surface area contributed by atoms with Crippen LogP contribution in [0, 0.1) is 6.92 Å². The number of aromatic amines is 1. The van der Waals surface area contributed by atoms with Crippen LogP contribution in [0.25, 0.3) is 39.0 Å². The minimum Gasteiger partial charge on any atom is -0.346 e. The zero-order valence-electron chi connectivity index (χ0n) is 19.6. The number of amides is 1. The molecule has 0 aliphatic heterocycles. The molecule has 3 heterocycles. The molecule has 6 aromatic rings. The lowest BCUT2D eigenvalue weighted by molar-refractivity contribution is 0.102. The maximum absolute atomic E-state index is 13.1. The fourth-order valence-corrected chi connectivity index (χ4v) is 4.31. The van der Waals surface area contributed by atoms with E-state index in [9.17, 15) is 4.79 Å². The van der Waals surface area contributed by atoms with Crippen LogP contribution in [0.2, 0.25) is 0 Å². The minimum absolute atomic E-state index is 0.158. The van der Waals surface area contributed by atoms with Crippen molar-refractivity contribution < 1.29 is 4.79 Å². The molecule has 0 radical (unpaired) electrons. The molecule has 1 amide bonds. The predicted molar refractivity (Wildman–Crippen MR) is 143 cm³/mol. The lowest BCUT2D eigenvalue weighted by Gasteiger charge is -2.11. The first-order chi connectivity index (χ1) is 17.6. The second-order valence-corrected chi connectivity index (χ2v) is 8.72. The van der Waals surface area contributed by atoms with Crippen LogP contribution >= 0.6 is 0 Å². The van der Waals surface area contributed by atoms with Gasteiger partial charge in [0.2, 0.25) is 0 Å². The standard InChI is InChI=1S/C30H23N5O/c1-20-10-11-27(34-30(36)24-9-5-8-22(14-24)21-6-3-2-4-7-21)16-28(20)35-19-26(18-33-35)25-15-23-12-13-31-29(23)32-17-25/h2-19H,1H3,(H,31,32)(H,34,36). The Bertz CT molecular complexity index is 1700. The topological polar surface area (TPSA) is 75.6 Å². The molecule has 36 heavy (non-hydrogen) atoms. The Morgan fingerprint density at radius 1 is 0.833 bits per heavy atom. The summed E-state index contributed by atoms with van der Waals surface area (Å²) in [5.41, 5.74) is 8.16. The molecule has 6 nitrogen and oxygen atoms in total. The van der Waals surface area contributed by atoms with Crippen LogP contribution in [0.15, 0.2) is 110 Å². The van der Waals surface area contributed by atoms with Gasteiger partial charge in [0.05, 0.1) is 11.9 Å². The first-order valence-electron chi connectivity index (χ1n) is 11.7.